The number of aromatic nitrogens is 3. The van der Waals surface area contributed by atoms with Gasteiger partial charge in [-0.15, -0.1) is 0 Å². The van der Waals surface area contributed by atoms with Gasteiger partial charge < -0.3 is 26.2 Å². The van der Waals surface area contributed by atoms with E-state index in [0.29, 0.717) is 18.4 Å². The lowest BCUT2D eigenvalue weighted by molar-refractivity contribution is -0.140. The quantitative estimate of drug-likeness (QED) is 0.257. The number of carboxylic acid groups (broad SMARTS) is 2. The van der Waals surface area contributed by atoms with Crippen molar-refractivity contribution in [3.63, 3.8) is 0 Å². The van der Waals surface area contributed by atoms with Crippen LogP contribution in [0.4, 0.5) is 5.95 Å². The van der Waals surface area contributed by atoms with E-state index in [4.69, 9.17) is 15.9 Å². The Morgan fingerprint density at radius 3 is 2.39 bits per heavy atom. The van der Waals surface area contributed by atoms with Crippen LogP contribution in [0.1, 0.15) is 34.3 Å². The van der Waals surface area contributed by atoms with E-state index in [9.17, 15) is 24.0 Å². The number of nitrogens with two attached hydrogens (primary N) is 1. The lowest BCUT2D eigenvalue weighted by Crippen LogP contribution is -2.41. The number of rotatable bonds is 9. The molecule has 0 saturated heterocycles. The van der Waals surface area contributed by atoms with Gasteiger partial charge in [0.05, 0.1) is 5.39 Å². The number of H-pyrrole nitrogens is 2. The zero-order valence-corrected chi connectivity index (χ0v) is 17.3. The highest BCUT2D eigenvalue weighted by atomic mass is 16.4. The number of carbonyl (C=O) groups is 3. The van der Waals surface area contributed by atoms with Crippen molar-refractivity contribution >= 4 is 34.8 Å². The highest BCUT2D eigenvalue weighted by molar-refractivity contribution is 5.96. The van der Waals surface area contributed by atoms with E-state index in [-0.39, 0.29) is 29.0 Å². The molecular weight excluding hydrogens is 434 g/mol. The fraction of sp³-hybridized carbons (Fsp3) is 0.238. The Balaban J connectivity index is 1.71. The van der Waals surface area contributed by atoms with Gasteiger partial charge >= 0.3 is 11.9 Å². The predicted octanol–water partition coefficient (Wildman–Crippen LogP) is 0.0266. The number of benzene rings is 1. The van der Waals surface area contributed by atoms with Crippen LogP contribution in [0.25, 0.3) is 11.0 Å². The molecule has 1 atom stereocenters. The number of carbonyl (C=O) groups excluding carboxylic acids is 1. The van der Waals surface area contributed by atoms with Crippen LogP contribution < -0.4 is 22.2 Å². The minimum absolute atomic E-state index is 0.0988. The Morgan fingerprint density at radius 1 is 1.06 bits per heavy atom. The fourth-order valence-electron chi connectivity index (χ4n) is 3.33. The van der Waals surface area contributed by atoms with Crippen LogP contribution in [0.3, 0.4) is 0 Å². The summed E-state index contributed by atoms with van der Waals surface area (Å²) in [5, 5.41) is 20.4. The molecule has 0 fully saturated rings. The van der Waals surface area contributed by atoms with Crippen LogP contribution >= 0.6 is 0 Å². The smallest absolute Gasteiger partial charge is 0.326 e. The van der Waals surface area contributed by atoms with Gasteiger partial charge in [0.25, 0.3) is 11.5 Å². The summed E-state index contributed by atoms with van der Waals surface area (Å²) in [4.78, 5) is 67.2. The summed E-state index contributed by atoms with van der Waals surface area (Å²) in [6.07, 6.45) is 0.161. The number of nitrogens with zero attached hydrogens (tertiary/aromatic N) is 1. The molecule has 3 aromatic rings. The Labute approximate surface area is 185 Å². The number of anilines is 1. The van der Waals surface area contributed by atoms with Crippen molar-refractivity contribution in [2.45, 2.75) is 31.7 Å². The van der Waals surface area contributed by atoms with Gasteiger partial charge in [0.1, 0.15) is 11.7 Å². The number of amides is 1. The van der Waals surface area contributed by atoms with E-state index in [0.717, 1.165) is 5.56 Å². The molecule has 2 aromatic heterocycles. The number of aromatic amines is 2. The first-order valence-corrected chi connectivity index (χ1v) is 9.90. The maximum absolute atomic E-state index is 12.3. The SMILES string of the molecule is Nc1nc2[nH]c(=O)cc(CCc3ccc(C(=O)N[C@@H](CCC(=O)O)C(=O)O)cc3)c2c(=O)[nH]1. The first-order valence-electron chi connectivity index (χ1n) is 9.90. The molecule has 0 radical (unpaired) electrons. The third-order valence-corrected chi connectivity index (χ3v) is 4.96. The fourth-order valence-corrected chi connectivity index (χ4v) is 3.33. The number of nitrogen functional groups attached to an aromatic ring is 1. The lowest BCUT2D eigenvalue weighted by Gasteiger charge is -2.13. The predicted molar refractivity (Wildman–Crippen MR) is 117 cm³/mol. The summed E-state index contributed by atoms with van der Waals surface area (Å²) in [5.74, 6) is -3.23. The molecule has 2 heterocycles. The molecule has 0 saturated carbocycles. The highest BCUT2D eigenvalue weighted by Crippen LogP contribution is 2.14. The van der Waals surface area contributed by atoms with Crippen LogP contribution in [-0.2, 0) is 22.4 Å². The van der Waals surface area contributed by atoms with Crippen LogP contribution in [0.2, 0.25) is 0 Å². The van der Waals surface area contributed by atoms with Crippen LogP contribution in [0, 0.1) is 0 Å². The average Bonchev–Trinajstić information content (AvgIpc) is 2.74. The van der Waals surface area contributed by atoms with E-state index in [2.05, 4.69) is 20.3 Å². The molecule has 1 aromatic carbocycles. The molecule has 0 bridgehead atoms. The zero-order chi connectivity index (χ0) is 24.1. The Morgan fingerprint density at radius 2 is 1.76 bits per heavy atom. The summed E-state index contributed by atoms with van der Waals surface area (Å²) in [6.45, 7) is 0. The molecule has 33 heavy (non-hydrogen) atoms. The zero-order valence-electron chi connectivity index (χ0n) is 17.3. The Bertz CT molecular complexity index is 1330. The second-order valence-electron chi connectivity index (χ2n) is 7.33. The van der Waals surface area contributed by atoms with Crippen LogP contribution in [-0.4, -0.2) is 49.1 Å². The molecule has 0 aliphatic carbocycles. The summed E-state index contributed by atoms with van der Waals surface area (Å²) in [6, 6.07) is 6.34. The molecule has 0 unspecified atom stereocenters. The van der Waals surface area contributed by atoms with Gasteiger partial charge in [-0.2, -0.15) is 4.98 Å². The van der Waals surface area contributed by atoms with Crippen LogP contribution in [0.5, 0.6) is 0 Å². The van der Waals surface area contributed by atoms with Gasteiger partial charge in [-0.1, -0.05) is 12.1 Å². The van der Waals surface area contributed by atoms with E-state index in [1.54, 1.807) is 12.1 Å². The highest BCUT2D eigenvalue weighted by Gasteiger charge is 2.21. The number of pyridine rings is 1. The summed E-state index contributed by atoms with van der Waals surface area (Å²) >= 11 is 0. The normalized spacial score (nSPS) is 11.8. The first kappa shape index (κ1) is 23.2. The average molecular weight is 455 g/mol. The summed E-state index contributed by atoms with van der Waals surface area (Å²) < 4.78 is 0. The molecule has 0 spiro atoms. The van der Waals surface area contributed by atoms with E-state index >= 15 is 0 Å². The van der Waals surface area contributed by atoms with Gasteiger partial charge in [0.15, 0.2) is 0 Å². The van der Waals surface area contributed by atoms with Gasteiger partial charge in [0, 0.05) is 18.1 Å². The lowest BCUT2D eigenvalue weighted by atomic mass is 10.0. The molecule has 0 aliphatic heterocycles. The molecule has 0 aliphatic rings. The largest absolute Gasteiger partial charge is 0.481 e. The monoisotopic (exact) mass is 455 g/mol. The van der Waals surface area contributed by atoms with Gasteiger partial charge in [-0.3, -0.25) is 24.2 Å². The minimum Gasteiger partial charge on any atom is -0.481 e. The Kier molecular flexibility index (Phi) is 6.86. The third kappa shape index (κ3) is 5.81. The van der Waals surface area contributed by atoms with Crippen molar-refractivity contribution in [2.24, 2.45) is 0 Å². The molecular formula is C21H21N5O7. The number of hydrogen-bond acceptors (Lipinski definition) is 7. The topological polar surface area (TPSA) is 208 Å². The van der Waals surface area contributed by atoms with Crippen molar-refractivity contribution in [1.82, 2.24) is 20.3 Å². The second-order valence-corrected chi connectivity index (χ2v) is 7.33. The van der Waals surface area contributed by atoms with E-state index < -0.39 is 41.4 Å². The number of aryl methyl sites for hydroxylation is 2. The standard InChI is InChI=1S/C21H21N5O7/c22-21-25-17-16(19(31)26-21)12(9-14(27)24-17)6-3-10-1-4-11(5-2-10)18(30)23-13(20(32)33)7-8-15(28)29/h1-2,4-5,9,13H,3,6-8H2,(H,23,30)(H,28,29)(H,32,33)(H4,22,24,25,26,27,31)/t13-/m0/s1. The maximum atomic E-state index is 12.3. The summed E-state index contributed by atoms with van der Waals surface area (Å²) in [5.41, 5.74) is 6.24. The maximum Gasteiger partial charge on any atom is 0.326 e. The number of hydrogen-bond donors (Lipinski definition) is 6. The molecule has 12 heteroatoms. The third-order valence-electron chi connectivity index (χ3n) is 4.96. The van der Waals surface area contributed by atoms with Crippen molar-refractivity contribution in [2.75, 3.05) is 5.73 Å². The minimum atomic E-state index is -1.32. The van der Waals surface area contributed by atoms with Crippen LogP contribution in [0.15, 0.2) is 39.9 Å². The van der Waals surface area contributed by atoms with Gasteiger partial charge in [-0.05, 0) is 42.5 Å². The van der Waals surface area contributed by atoms with Crippen molar-refractivity contribution in [3.8, 4) is 0 Å². The summed E-state index contributed by atoms with van der Waals surface area (Å²) in [7, 11) is 0. The molecule has 1 amide bonds. The van der Waals surface area contributed by atoms with Crippen molar-refractivity contribution in [3.05, 3.63) is 67.7 Å². The molecule has 7 N–H and O–H groups in total. The Hall–Kier alpha value is -4.48. The number of carboxylic acids is 2. The molecule has 3 rings (SSSR count). The van der Waals surface area contributed by atoms with Crippen molar-refractivity contribution < 1.29 is 24.6 Å². The second kappa shape index (κ2) is 9.77. The van der Waals surface area contributed by atoms with Gasteiger partial charge in [-0.25, -0.2) is 4.79 Å². The number of fused-ring (bicyclic) bond motifs is 1. The number of nitrogens with one attached hydrogen (secondary N) is 3. The first-order chi connectivity index (χ1) is 15.6. The molecule has 172 valence electrons. The number of aliphatic carboxylic acids is 2. The van der Waals surface area contributed by atoms with E-state index in [1.165, 1.54) is 18.2 Å². The van der Waals surface area contributed by atoms with E-state index in [1.807, 2.05) is 0 Å². The van der Waals surface area contributed by atoms with Crippen molar-refractivity contribution in [1.29, 1.82) is 0 Å². The molecule has 12 nitrogen and oxygen atoms in total. The van der Waals surface area contributed by atoms with Gasteiger partial charge in [0.2, 0.25) is 11.5 Å².